The van der Waals surface area contributed by atoms with Gasteiger partial charge < -0.3 is 5.73 Å². The van der Waals surface area contributed by atoms with Gasteiger partial charge in [0.05, 0.1) is 0 Å². The number of anilines is 1. The summed E-state index contributed by atoms with van der Waals surface area (Å²) in [5.41, 5.74) is 14.5. The van der Waals surface area contributed by atoms with Crippen LogP contribution in [0.1, 0.15) is 11.1 Å². The second-order valence-electron chi connectivity index (χ2n) is 7.60. The van der Waals surface area contributed by atoms with Gasteiger partial charge in [0, 0.05) is 16.6 Å². The van der Waals surface area contributed by atoms with Crippen LogP contribution in [0.25, 0.3) is 45.2 Å². The van der Waals surface area contributed by atoms with E-state index in [0.717, 1.165) is 33.3 Å². The number of fused-ring (bicyclic) bond motifs is 1. The van der Waals surface area contributed by atoms with Crippen LogP contribution in [0.2, 0.25) is 0 Å². The van der Waals surface area contributed by atoms with E-state index in [9.17, 15) is 0 Å². The Hall–Kier alpha value is -4.10. The maximum atomic E-state index is 6.82. The first-order chi connectivity index (χ1) is 15.3. The minimum atomic E-state index is 0.807. The van der Waals surface area contributed by atoms with Crippen LogP contribution in [0.15, 0.2) is 115 Å². The monoisotopic (exact) mass is 397 g/mol. The van der Waals surface area contributed by atoms with Crippen LogP contribution in [0.3, 0.4) is 0 Å². The molecule has 0 spiro atoms. The summed E-state index contributed by atoms with van der Waals surface area (Å²) in [5.74, 6) is 0. The van der Waals surface area contributed by atoms with Crippen molar-refractivity contribution in [3.8, 4) is 22.3 Å². The summed E-state index contributed by atoms with van der Waals surface area (Å²) in [6.45, 7) is 0. The molecule has 148 valence electrons. The Morgan fingerprint density at radius 3 is 1.55 bits per heavy atom. The van der Waals surface area contributed by atoms with E-state index in [1.807, 2.05) is 6.07 Å². The van der Waals surface area contributed by atoms with Crippen molar-refractivity contribution < 1.29 is 0 Å². The minimum Gasteiger partial charge on any atom is -0.398 e. The fraction of sp³-hybridized carbons (Fsp3) is 0. The first-order valence-corrected chi connectivity index (χ1v) is 10.5. The molecule has 0 heterocycles. The molecule has 0 unspecified atom stereocenters. The predicted molar refractivity (Wildman–Crippen MR) is 135 cm³/mol. The highest BCUT2D eigenvalue weighted by Crippen LogP contribution is 2.44. The Morgan fingerprint density at radius 1 is 0.452 bits per heavy atom. The van der Waals surface area contributed by atoms with E-state index in [1.165, 1.54) is 16.5 Å². The van der Waals surface area contributed by atoms with Gasteiger partial charge in [-0.2, -0.15) is 0 Å². The van der Waals surface area contributed by atoms with Crippen molar-refractivity contribution >= 4 is 28.6 Å². The standard InChI is InChI=1S/C30H23N/c31-30-26-19-11-10-18-25(26)28(23-14-6-2-7-15-23)29(24-16-8-3-9-17-24)27(30)21-20-22-12-4-1-5-13-22/h1-21H,31H2/b21-20+. The Morgan fingerprint density at radius 2 is 0.935 bits per heavy atom. The van der Waals surface area contributed by atoms with E-state index in [4.69, 9.17) is 5.73 Å². The van der Waals surface area contributed by atoms with E-state index in [0.29, 0.717) is 0 Å². The van der Waals surface area contributed by atoms with Crippen LogP contribution in [-0.2, 0) is 0 Å². The van der Waals surface area contributed by atoms with E-state index in [1.54, 1.807) is 0 Å². The molecule has 0 bridgehead atoms. The summed E-state index contributed by atoms with van der Waals surface area (Å²) >= 11 is 0. The van der Waals surface area contributed by atoms with Crippen LogP contribution in [-0.4, -0.2) is 0 Å². The molecule has 5 aromatic carbocycles. The summed E-state index contributed by atoms with van der Waals surface area (Å²) in [4.78, 5) is 0. The number of nitrogen functional groups attached to an aromatic ring is 1. The summed E-state index contributed by atoms with van der Waals surface area (Å²) in [6, 6.07) is 39.9. The van der Waals surface area contributed by atoms with Crippen molar-refractivity contribution in [2.75, 3.05) is 5.73 Å². The largest absolute Gasteiger partial charge is 0.398 e. The van der Waals surface area contributed by atoms with E-state index < -0.39 is 0 Å². The van der Waals surface area contributed by atoms with Gasteiger partial charge in [-0.1, -0.05) is 127 Å². The van der Waals surface area contributed by atoms with Crippen LogP contribution >= 0.6 is 0 Å². The SMILES string of the molecule is Nc1c(/C=C/c2ccccc2)c(-c2ccccc2)c(-c2ccccc2)c2ccccc12. The molecule has 0 aliphatic carbocycles. The molecule has 0 amide bonds. The highest BCUT2D eigenvalue weighted by atomic mass is 14.6. The quantitative estimate of drug-likeness (QED) is 0.242. The zero-order valence-electron chi connectivity index (χ0n) is 17.2. The normalized spacial score (nSPS) is 11.2. The lowest BCUT2D eigenvalue weighted by Gasteiger charge is -2.20. The van der Waals surface area contributed by atoms with Crippen molar-refractivity contribution in [2.45, 2.75) is 0 Å². The Kier molecular flexibility index (Phi) is 5.08. The fourth-order valence-electron chi connectivity index (χ4n) is 4.21. The zero-order chi connectivity index (χ0) is 21.0. The summed E-state index contributed by atoms with van der Waals surface area (Å²) in [5, 5.41) is 2.25. The summed E-state index contributed by atoms with van der Waals surface area (Å²) in [6.07, 6.45) is 4.30. The van der Waals surface area contributed by atoms with E-state index >= 15 is 0 Å². The van der Waals surface area contributed by atoms with Gasteiger partial charge in [0.25, 0.3) is 0 Å². The van der Waals surface area contributed by atoms with Crippen molar-refractivity contribution in [3.05, 3.63) is 126 Å². The Labute approximate surface area is 183 Å². The average molecular weight is 398 g/mol. The Bertz CT molecular complexity index is 1350. The summed E-state index contributed by atoms with van der Waals surface area (Å²) in [7, 11) is 0. The molecule has 0 atom stereocenters. The first kappa shape index (κ1) is 18.9. The van der Waals surface area contributed by atoms with Crippen molar-refractivity contribution in [1.82, 2.24) is 0 Å². The lowest BCUT2D eigenvalue weighted by molar-refractivity contribution is 1.58. The van der Waals surface area contributed by atoms with Crippen LogP contribution in [0.4, 0.5) is 5.69 Å². The number of nitrogens with two attached hydrogens (primary N) is 1. The first-order valence-electron chi connectivity index (χ1n) is 10.5. The molecule has 1 nitrogen and oxygen atoms in total. The maximum Gasteiger partial charge on any atom is 0.0474 e. The van der Waals surface area contributed by atoms with Gasteiger partial charge in [-0.3, -0.25) is 0 Å². The molecule has 0 saturated heterocycles. The molecule has 5 aromatic rings. The van der Waals surface area contributed by atoms with Crippen LogP contribution < -0.4 is 5.73 Å². The fourth-order valence-corrected chi connectivity index (χ4v) is 4.21. The maximum absolute atomic E-state index is 6.82. The van der Waals surface area contributed by atoms with Gasteiger partial charge >= 0.3 is 0 Å². The molecular weight excluding hydrogens is 374 g/mol. The van der Waals surface area contributed by atoms with Gasteiger partial charge in [0.1, 0.15) is 0 Å². The molecule has 0 fully saturated rings. The van der Waals surface area contributed by atoms with Crippen molar-refractivity contribution in [3.63, 3.8) is 0 Å². The molecule has 5 rings (SSSR count). The molecular formula is C30H23N. The smallest absolute Gasteiger partial charge is 0.0474 e. The minimum absolute atomic E-state index is 0.807. The van der Waals surface area contributed by atoms with Crippen molar-refractivity contribution in [1.29, 1.82) is 0 Å². The lowest BCUT2D eigenvalue weighted by atomic mass is 9.84. The number of hydrogen-bond acceptors (Lipinski definition) is 1. The van der Waals surface area contributed by atoms with Crippen LogP contribution in [0.5, 0.6) is 0 Å². The number of hydrogen-bond donors (Lipinski definition) is 1. The molecule has 0 aliphatic rings. The third-order valence-electron chi connectivity index (χ3n) is 5.66. The molecule has 0 aliphatic heterocycles. The van der Waals surface area contributed by atoms with Gasteiger partial charge in [0.15, 0.2) is 0 Å². The second-order valence-corrected chi connectivity index (χ2v) is 7.60. The van der Waals surface area contributed by atoms with Crippen molar-refractivity contribution in [2.24, 2.45) is 0 Å². The van der Waals surface area contributed by atoms with Gasteiger partial charge in [-0.25, -0.2) is 0 Å². The average Bonchev–Trinajstić information content (AvgIpc) is 2.85. The third kappa shape index (κ3) is 3.62. The molecule has 0 radical (unpaired) electrons. The molecule has 31 heavy (non-hydrogen) atoms. The van der Waals surface area contributed by atoms with Crippen LogP contribution in [0, 0.1) is 0 Å². The topological polar surface area (TPSA) is 26.0 Å². The number of rotatable bonds is 4. The number of benzene rings is 5. The van der Waals surface area contributed by atoms with Gasteiger partial charge in [0.2, 0.25) is 0 Å². The molecule has 2 N–H and O–H groups in total. The predicted octanol–water partition coefficient (Wildman–Crippen LogP) is 7.93. The highest BCUT2D eigenvalue weighted by Gasteiger charge is 2.18. The third-order valence-corrected chi connectivity index (χ3v) is 5.66. The zero-order valence-corrected chi connectivity index (χ0v) is 17.2. The van der Waals surface area contributed by atoms with E-state index in [-0.39, 0.29) is 0 Å². The molecule has 0 aromatic heterocycles. The summed E-state index contributed by atoms with van der Waals surface area (Å²) < 4.78 is 0. The molecule has 1 heteroatoms. The second kappa shape index (κ2) is 8.33. The van der Waals surface area contributed by atoms with E-state index in [2.05, 4.69) is 121 Å². The van der Waals surface area contributed by atoms with Gasteiger partial charge in [-0.15, -0.1) is 0 Å². The van der Waals surface area contributed by atoms with Gasteiger partial charge in [-0.05, 0) is 33.2 Å². The lowest BCUT2D eigenvalue weighted by Crippen LogP contribution is -1.99. The Balaban J connectivity index is 1.89. The molecule has 0 saturated carbocycles. The highest BCUT2D eigenvalue weighted by molar-refractivity contribution is 6.13.